The molecule has 1 aliphatic rings. The Bertz CT molecular complexity index is 1240. The van der Waals surface area contributed by atoms with Crippen molar-refractivity contribution in [3.63, 3.8) is 0 Å². The number of carbonyl (C=O) groups is 1. The Morgan fingerprint density at radius 2 is 1.77 bits per heavy atom. The van der Waals surface area contributed by atoms with Crippen LogP contribution in [-0.2, 0) is 21.4 Å². The summed E-state index contributed by atoms with van der Waals surface area (Å²) in [5.41, 5.74) is 1.09. The highest BCUT2D eigenvalue weighted by Crippen LogP contribution is 2.26. The minimum absolute atomic E-state index is 0.0222. The number of para-hydroxylation sites is 1. The molecule has 3 aromatic rings. The van der Waals surface area contributed by atoms with Crippen LogP contribution in [0.25, 0.3) is 11.1 Å². The molecule has 1 saturated heterocycles. The minimum atomic E-state index is -3.85. The van der Waals surface area contributed by atoms with Gasteiger partial charge in [0.1, 0.15) is 6.54 Å². The lowest BCUT2D eigenvalue weighted by molar-refractivity contribution is -0.132. The van der Waals surface area contributed by atoms with E-state index in [0.29, 0.717) is 24.3 Å². The SMILES string of the molecule is CCN(c1ccccc1)S(=O)(=O)c1ccc2c(c1)oc(=O)n2CC(=O)N1CCCCC1. The van der Waals surface area contributed by atoms with Gasteiger partial charge in [0, 0.05) is 25.7 Å². The van der Waals surface area contributed by atoms with Gasteiger partial charge in [0.05, 0.1) is 16.1 Å². The van der Waals surface area contributed by atoms with Crippen molar-refractivity contribution in [1.29, 1.82) is 0 Å². The van der Waals surface area contributed by atoms with Gasteiger partial charge in [0.25, 0.3) is 10.0 Å². The fourth-order valence-electron chi connectivity index (χ4n) is 3.95. The van der Waals surface area contributed by atoms with Gasteiger partial charge in [0.15, 0.2) is 5.58 Å². The Balaban J connectivity index is 1.66. The quantitative estimate of drug-likeness (QED) is 0.584. The van der Waals surface area contributed by atoms with Crippen molar-refractivity contribution >= 4 is 32.7 Å². The summed E-state index contributed by atoms with van der Waals surface area (Å²) in [6.45, 7) is 3.27. The van der Waals surface area contributed by atoms with Crippen molar-refractivity contribution in [1.82, 2.24) is 9.47 Å². The Hall–Kier alpha value is -3.07. The third-order valence-corrected chi connectivity index (χ3v) is 7.46. The Labute approximate surface area is 180 Å². The third-order valence-electron chi connectivity index (χ3n) is 5.56. The first-order valence-electron chi connectivity index (χ1n) is 10.4. The largest absolute Gasteiger partial charge is 0.420 e. The van der Waals surface area contributed by atoms with Gasteiger partial charge in [-0.05, 0) is 50.5 Å². The molecular formula is C22H25N3O5S. The van der Waals surface area contributed by atoms with Crippen molar-refractivity contribution in [3.8, 4) is 0 Å². The van der Waals surface area contributed by atoms with E-state index in [-0.39, 0.29) is 29.5 Å². The molecule has 2 aromatic carbocycles. The highest BCUT2D eigenvalue weighted by molar-refractivity contribution is 7.92. The van der Waals surface area contributed by atoms with Crippen molar-refractivity contribution < 1.29 is 17.6 Å². The van der Waals surface area contributed by atoms with E-state index in [2.05, 4.69) is 0 Å². The van der Waals surface area contributed by atoms with E-state index in [9.17, 15) is 18.0 Å². The van der Waals surface area contributed by atoms with Gasteiger partial charge in [0.2, 0.25) is 5.91 Å². The zero-order chi connectivity index (χ0) is 22.0. The molecule has 0 radical (unpaired) electrons. The zero-order valence-electron chi connectivity index (χ0n) is 17.4. The fourth-order valence-corrected chi connectivity index (χ4v) is 5.44. The lowest BCUT2D eigenvalue weighted by Crippen LogP contribution is -2.39. The predicted octanol–water partition coefficient (Wildman–Crippen LogP) is 2.82. The standard InChI is InChI=1S/C22H25N3O5S/c1-2-25(17-9-5-3-6-10-17)31(28,29)18-11-12-19-20(15-18)30-22(27)24(19)16-21(26)23-13-7-4-8-14-23/h3,5-6,9-12,15H,2,4,7-8,13-14,16H2,1H3. The number of aromatic nitrogens is 1. The van der Waals surface area contributed by atoms with Crippen LogP contribution in [0.4, 0.5) is 5.69 Å². The van der Waals surface area contributed by atoms with E-state index in [1.165, 1.54) is 27.1 Å². The number of sulfonamides is 1. The smallest absolute Gasteiger partial charge is 0.408 e. The average Bonchev–Trinajstić information content (AvgIpc) is 3.09. The van der Waals surface area contributed by atoms with Crippen molar-refractivity contribution in [2.75, 3.05) is 23.9 Å². The third kappa shape index (κ3) is 4.10. The van der Waals surface area contributed by atoms with Gasteiger partial charge in [-0.25, -0.2) is 13.2 Å². The number of rotatable bonds is 6. The summed E-state index contributed by atoms with van der Waals surface area (Å²) in [7, 11) is -3.85. The topological polar surface area (TPSA) is 92.8 Å². The number of hydrogen-bond acceptors (Lipinski definition) is 5. The Morgan fingerprint density at radius 3 is 2.45 bits per heavy atom. The molecule has 0 bridgehead atoms. The summed E-state index contributed by atoms with van der Waals surface area (Å²) in [5, 5.41) is 0. The summed E-state index contributed by atoms with van der Waals surface area (Å²) in [5.74, 6) is -0.812. The lowest BCUT2D eigenvalue weighted by Gasteiger charge is -2.26. The molecule has 0 aliphatic carbocycles. The van der Waals surface area contributed by atoms with E-state index in [1.807, 2.05) is 6.07 Å². The Kier molecular flexibility index (Phi) is 5.86. The second kappa shape index (κ2) is 8.58. The molecule has 31 heavy (non-hydrogen) atoms. The number of piperidine rings is 1. The van der Waals surface area contributed by atoms with Gasteiger partial charge in [-0.15, -0.1) is 0 Å². The molecule has 9 heteroatoms. The van der Waals surface area contributed by atoms with E-state index in [1.54, 1.807) is 36.1 Å². The van der Waals surface area contributed by atoms with Crippen LogP contribution in [0.3, 0.4) is 0 Å². The summed E-state index contributed by atoms with van der Waals surface area (Å²) in [4.78, 5) is 26.8. The first-order valence-corrected chi connectivity index (χ1v) is 11.8. The lowest BCUT2D eigenvalue weighted by atomic mass is 10.1. The second-order valence-corrected chi connectivity index (χ2v) is 9.39. The number of nitrogens with zero attached hydrogens (tertiary/aromatic N) is 3. The zero-order valence-corrected chi connectivity index (χ0v) is 18.2. The number of likely N-dealkylation sites (tertiary alicyclic amines) is 1. The molecule has 1 aliphatic heterocycles. The first kappa shape index (κ1) is 21.2. The van der Waals surface area contributed by atoms with E-state index in [0.717, 1.165) is 19.3 Å². The summed E-state index contributed by atoms with van der Waals surface area (Å²) in [6, 6.07) is 13.1. The average molecular weight is 444 g/mol. The second-order valence-electron chi connectivity index (χ2n) is 7.53. The molecule has 164 valence electrons. The van der Waals surface area contributed by atoms with Crippen LogP contribution in [0, 0.1) is 0 Å². The number of hydrogen-bond donors (Lipinski definition) is 0. The molecule has 2 heterocycles. The van der Waals surface area contributed by atoms with Crippen LogP contribution in [0.1, 0.15) is 26.2 Å². The van der Waals surface area contributed by atoms with Crippen LogP contribution in [0.15, 0.2) is 62.6 Å². The van der Waals surface area contributed by atoms with Crippen LogP contribution >= 0.6 is 0 Å². The summed E-state index contributed by atoms with van der Waals surface area (Å²) in [6.07, 6.45) is 3.03. The monoisotopic (exact) mass is 443 g/mol. The number of carbonyl (C=O) groups excluding carboxylic acids is 1. The fraction of sp³-hybridized carbons (Fsp3) is 0.364. The molecule has 1 amide bonds. The molecule has 0 spiro atoms. The first-order chi connectivity index (χ1) is 14.9. The maximum Gasteiger partial charge on any atom is 0.420 e. The van der Waals surface area contributed by atoms with Crippen LogP contribution in [0.2, 0.25) is 0 Å². The molecule has 1 fully saturated rings. The molecule has 0 saturated carbocycles. The van der Waals surface area contributed by atoms with Crippen molar-refractivity contribution in [2.45, 2.75) is 37.6 Å². The highest BCUT2D eigenvalue weighted by atomic mass is 32.2. The van der Waals surface area contributed by atoms with Crippen LogP contribution in [0.5, 0.6) is 0 Å². The van der Waals surface area contributed by atoms with E-state index < -0.39 is 15.8 Å². The van der Waals surface area contributed by atoms with Crippen molar-refractivity contribution in [3.05, 3.63) is 59.1 Å². The van der Waals surface area contributed by atoms with Crippen molar-refractivity contribution in [2.24, 2.45) is 0 Å². The van der Waals surface area contributed by atoms with Gasteiger partial charge in [-0.3, -0.25) is 13.7 Å². The van der Waals surface area contributed by atoms with Gasteiger partial charge < -0.3 is 9.32 Å². The van der Waals surface area contributed by atoms with Gasteiger partial charge in [-0.1, -0.05) is 18.2 Å². The van der Waals surface area contributed by atoms with Gasteiger partial charge >= 0.3 is 5.76 Å². The maximum atomic E-state index is 13.2. The maximum absolute atomic E-state index is 13.2. The number of oxazole rings is 1. The molecule has 0 N–H and O–H groups in total. The summed E-state index contributed by atoms with van der Waals surface area (Å²) >= 11 is 0. The van der Waals surface area contributed by atoms with Crippen LogP contribution < -0.4 is 10.1 Å². The van der Waals surface area contributed by atoms with Crippen LogP contribution in [-0.4, -0.2) is 43.4 Å². The Morgan fingerprint density at radius 1 is 1.06 bits per heavy atom. The number of benzene rings is 2. The minimum Gasteiger partial charge on any atom is -0.408 e. The predicted molar refractivity (Wildman–Crippen MR) is 118 cm³/mol. The molecule has 0 atom stereocenters. The van der Waals surface area contributed by atoms with E-state index >= 15 is 0 Å². The van der Waals surface area contributed by atoms with Gasteiger partial charge in [-0.2, -0.15) is 0 Å². The normalized spacial score (nSPS) is 14.7. The summed E-state index contributed by atoms with van der Waals surface area (Å²) < 4.78 is 34.3. The highest BCUT2D eigenvalue weighted by Gasteiger charge is 2.26. The number of anilines is 1. The molecule has 8 nitrogen and oxygen atoms in total. The molecular weight excluding hydrogens is 418 g/mol. The molecule has 0 unspecified atom stereocenters. The molecule has 1 aromatic heterocycles. The number of fused-ring (bicyclic) bond motifs is 1. The molecule has 4 rings (SSSR count). The number of amides is 1. The van der Waals surface area contributed by atoms with E-state index in [4.69, 9.17) is 4.42 Å².